The highest BCUT2D eigenvalue weighted by Gasteiger charge is 2.34. The average Bonchev–Trinajstić information content (AvgIpc) is 3.12. The fraction of sp³-hybridized carbons (Fsp3) is 0.333. The summed E-state index contributed by atoms with van der Waals surface area (Å²) in [6, 6.07) is 17.0. The molecule has 5 nitrogen and oxygen atoms in total. The number of benzene rings is 2. The van der Waals surface area contributed by atoms with Crippen LogP contribution in [0.1, 0.15) is 34.3 Å². The number of amides is 1. The number of rotatable bonds is 6. The van der Waals surface area contributed by atoms with Crippen LogP contribution in [0.25, 0.3) is 0 Å². The third kappa shape index (κ3) is 4.29. The van der Waals surface area contributed by atoms with E-state index < -0.39 is 12.0 Å². The van der Waals surface area contributed by atoms with Crippen molar-refractivity contribution >= 4 is 11.9 Å². The van der Waals surface area contributed by atoms with Crippen LogP contribution in [0.4, 0.5) is 0 Å². The molecule has 0 aromatic heterocycles. The smallest absolute Gasteiger partial charge is 0.326 e. The number of carbonyl (C=O) groups is 2. The lowest BCUT2D eigenvalue weighted by Crippen LogP contribution is -2.40. The van der Waals surface area contributed by atoms with Gasteiger partial charge in [0.1, 0.15) is 6.04 Å². The largest absolute Gasteiger partial charge is 0.480 e. The molecule has 26 heavy (non-hydrogen) atoms. The molecule has 2 aromatic rings. The number of carbonyl (C=O) groups excluding carboxylic acids is 1. The predicted octanol–water partition coefficient (Wildman–Crippen LogP) is 3.01. The summed E-state index contributed by atoms with van der Waals surface area (Å²) >= 11 is 0. The van der Waals surface area contributed by atoms with Gasteiger partial charge in [0, 0.05) is 25.2 Å². The van der Waals surface area contributed by atoms with Crippen LogP contribution in [0, 0.1) is 0 Å². The minimum Gasteiger partial charge on any atom is -0.480 e. The molecule has 0 spiro atoms. The van der Waals surface area contributed by atoms with Crippen molar-refractivity contribution in [2.24, 2.45) is 0 Å². The molecule has 0 unspecified atom stereocenters. The topological polar surface area (TPSA) is 60.9 Å². The van der Waals surface area contributed by atoms with E-state index in [9.17, 15) is 14.7 Å². The zero-order valence-electron chi connectivity index (χ0n) is 15.0. The van der Waals surface area contributed by atoms with Gasteiger partial charge in [0.2, 0.25) is 0 Å². The van der Waals surface area contributed by atoms with E-state index in [1.807, 2.05) is 43.4 Å². The van der Waals surface area contributed by atoms with E-state index in [1.165, 1.54) is 10.5 Å². The molecule has 1 saturated heterocycles. The van der Waals surface area contributed by atoms with E-state index in [-0.39, 0.29) is 5.91 Å². The summed E-state index contributed by atoms with van der Waals surface area (Å²) in [5.41, 5.74) is 2.84. The molecule has 1 aliphatic heterocycles. The molecule has 0 saturated carbocycles. The Kier molecular flexibility index (Phi) is 5.68. The van der Waals surface area contributed by atoms with Gasteiger partial charge in [0.15, 0.2) is 0 Å². The molecule has 2 aromatic carbocycles. The van der Waals surface area contributed by atoms with E-state index in [2.05, 4.69) is 17.0 Å². The normalized spacial score (nSPS) is 16.8. The average molecular weight is 352 g/mol. The van der Waals surface area contributed by atoms with Crippen LogP contribution in [0.2, 0.25) is 0 Å². The van der Waals surface area contributed by atoms with Crippen molar-refractivity contribution in [2.45, 2.75) is 32.0 Å². The van der Waals surface area contributed by atoms with Crippen molar-refractivity contribution < 1.29 is 14.7 Å². The van der Waals surface area contributed by atoms with Crippen molar-refractivity contribution in [2.75, 3.05) is 13.6 Å². The minimum absolute atomic E-state index is 0.192. The lowest BCUT2D eigenvalue weighted by molar-refractivity contribution is -0.141. The van der Waals surface area contributed by atoms with Gasteiger partial charge in [0.05, 0.1) is 0 Å². The van der Waals surface area contributed by atoms with E-state index >= 15 is 0 Å². The Labute approximate surface area is 153 Å². The first-order valence-corrected chi connectivity index (χ1v) is 8.90. The van der Waals surface area contributed by atoms with E-state index in [0.717, 1.165) is 25.1 Å². The molecule has 0 bridgehead atoms. The van der Waals surface area contributed by atoms with Crippen molar-refractivity contribution in [3.05, 3.63) is 71.3 Å². The van der Waals surface area contributed by atoms with Crippen LogP contribution in [-0.4, -0.2) is 46.4 Å². The molecule has 3 rings (SSSR count). The fourth-order valence-electron chi connectivity index (χ4n) is 3.50. The summed E-state index contributed by atoms with van der Waals surface area (Å²) in [6.45, 7) is 2.05. The van der Waals surface area contributed by atoms with Crippen LogP contribution >= 0.6 is 0 Å². The predicted molar refractivity (Wildman–Crippen MR) is 99.7 cm³/mol. The first-order chi connectivity index (χ1) is 12.5. The Morgan fingerprint density at radius 3 is 2.50 bits per heavy atom. The summed E-state index contributed by atoms with van der Waals surface area (Å²) in [7, 11) is 2.04. The highest BCUT2D eigenvalue weighted by atomic mass is 16.4. The Bertz CT molecular complexity index is 776. The second-order valence-electron chi connectivity index (χ2n) is 6.85. The highest BCUT2D eigenvalue weighted by Crippen LogP contribution is 2.21. The number of likely N-dealkylation sites (tertiary alicyclic amines) is 1. The summed E-state index contributed by atoms with van der Waals surface area (Å²) in [4.78, 5) is 27.7. The van der Waals surface area contributed by atoms with Gasteiger partial charge in [-0.1, -0.05) is 42.5 Å². The quantitative estimate of drug-likeness (QED) is 0.868. The molecule has 136 valence electrons. The van der Waals surface area contributed by atoms with Crippen LogP contribution in [0.5, 0.6) is 0 Å². The Morgan fingerprint density at radius 2 is 1.77 bits per heavy atom. The number of carboxylic acid groups (broad SMARTS) is 1. The van der Waals surface area contributed by atoms with Crippen molar-refractivity contribution in [1.82, 2.24) is 9.80 Å². The van der Waals surface area contributed by atoms with E-state index in [0.29, 0.717) is 18.5 Å². The lowest BCUT2D eigenvalue weighted by Gasteiger charge is -2.22. The van der Waals surface area contributed by atoms with Crippen LogP contribution in [0.15, 0.2) is 54.6 Å². The second-order valence-corrected chi connectivity index (χ2v) is 6.85. The van der Waals surface area contributed by atoms with Gasteiger partial charge in [-0.3, -0.25) is 9.69 Å². The molecule has 0 aliphatic carbocycles. The molecule has 1 amide bonds. The summed E-state index contributed by atoms with van der Waals surface area (Å²) in [5, 5.41) is 9.29. The lowest BCUT2D eigenvalue weighted by atomic mass is 10.1. The van der Waals surface area contributed by atoms with Gasteiger partial charge in [0.25, 0.3) is 5.91 Å². The first-order valence-electron chi connectivity index (χ1n) is 8.90. The van der Waals surface area contributed by atoms with Crippen LogP contribution < -0.4 is 0 Å². The molecule has 0 radical (unpaired) electrons. The molecule has 1 fully saturated rings. The molecular weight excluding hydrogens is 328 g/mol. The Balaban J connectivity index is 1.68. The van der Waals surface area contributed by atoms with Crippen LogP contribution in [-0.2, 0) is 17.9 Å². The SMILES string of the molecule is CN(Cc1ccccc1)Cc1cccc(C(=O)N2CCC[C@H]2C(=O)O)c1. The zero-order chi connectivity index (χ0) is 18.5. The number of nitrogens with zero attached hydrogens (tertiary/aromatic N) is 2. The fourth-order valence-corrected chi connectivity index (χ4v) is 3.50. The van der Waals surface area contributed by atoms with Crippen molar-refractivity contribution in [3.63, 3.8) is 0 Å². The molecule has 1 N–H and O–H groups in total. The van der Waals surface area contributed by atoms with Gasteiger partial charge in [-0.15, -0.1) is 0 Å². The third-order valence-electron chi connectivity index (χ3n) is 4.72. The van der Waals surface area contributed by atoms with E-state index in [1.54, 1.807) is 6.07 Å². The number of hydrogen-bond donors (Lipinski definition) is 1. The molecular formula is C21H24N2O3. The maximum atomic E-state index is 12.7. The molecule has 5 heteroatoms. The monoisotopic (exact) mass is 352 g/mol. The summed E-state index contributed by atoms with van der Waals surface area (Å²) in [6.07, 6.45) is 1.27. The highest BCUT2D eigenvalue weighted by molar-refractivity contribution is 5.97. The van der Waals surface area contributed by atoms with Gasteiger partial charge in [-0.25, -0.2) is 4.79 Å². The zero-order valence-corrected chi connectivity index (χ0v) is 15.0. The number of aliphatic carboxylic acids is 1. The Hall–Kier alpha value is -2.66. The molecule has 1 aliphatic rings. The second kappa shape index (κ2) is 8.15. The van der Waals surface area contributed by atoms with Gasteiger partial charge in [-0.2, -0.15) is 0 Å². The standard InChI is InChI=1S/C21H24N2O3/c1-22(14-16-7-3-2-4-8-16)15-17-9-5-10-18(13-17)20(24)23-12-6-11-19(23)21(25)26/h2-5,7-10,13,19H,6,11-12,14-15H2,1H3,(H,25,26)/t19-/m0/s1. The van der Waals surface area contributed by atoms with Crippen molar-refractivity contribution in [1.29, 1.82) is 0 Å². The van der Waals surface area contributed by atoms with Crippen molar-refractivity contribution in [3.8, 4) is 0 Å². The van der Waals surface area contributed by atoms with Gasteiger partial charge >= 0.3 is 5.97 Å². The van der Waals surface area contributed by atoms with Gasteiger partial charge in [-0.05, 0) is 43.1 Å². The Morgan fingerprint density at radius 1 is 1.08 bits per heavy atom. The first kappa shape index (κ1) is 18.1. The molecule has 1 atom stereocenters. The maximum Gasteiger partial charge on any atom is 0.326 e. The number of hydrogen-bond acceptors (Lipinski definition) is 3. The molecule has 1 heterocycles. The van der Waals surface area contributed by atoms with E-state index in [4.69, 9.17) is 0 Å². The number of carboxylic acids is 1. The minimum atomic E-state index is -0.922. The maximum absolute atomic E-state index is 12.7. The summed E-state index contributed by atoms with van der Waals surface area (Å²) in [5.74, 6) is -1.11. The summed E-state index contributed by atoms with van der Waals surface area (Å²) < 4.78 is 0. The third-order valence-corrected chi connectivity index (χ3v) is 4.72. The van der Waals surface area contributed by atoms with Gasteiger partial charge < -0.3 is 10.0 Å². The van der Waals surface area contributed by atoms with Crippen LogP contribution in [0.3, 0.4) is 0 Å².